The highest BCUT2D eigenvalue weighted by molar-refractivity contribution is 5.88. The molecule has 0 aliphatic heterocycles. The molecule has 4 nitrogen and oxygen atoms in total. The van der Waals surface area contributed by atoms with Crippen LogP contribution in [0.2, 0.25) is 0 Å². The van der Waals surface area contributed by atoms with E-state index in [2.05, 4.69) is 5.32 Å². The fourth-order valence-corrected chi connectivity index (χ4v) is 5.86. The number of carbonyl (C=O) groups is 2. The van der Waals surface area contributed by atoms with E-state index in [1.807, 2.05) is 31.2 Å². The Morgan fingerprint density at radius 3 is 2.08 bits per heavy atom. The van der Waals surface area contributed by atoms with Gasteiger partial charge in [-0.15, -0.1) is 0 Å². The van der Waals surface area contributed by atoms with E-state index in [0.29, 0.717) is 24.2 Å². The van der Waals surface area contributed by atoms with Gasteiger partial charge >= 0.3 is 5.97 Å². The third kappa shape index (κ3) is 3.19. The number of carboxylic acids is 1. The molecule has 0 spiro atoms. The maximum atomic E-state index is 13.1. The summed E-state index contributed by atoms with van der Waals surface area (Å²) in [7, 11) is 0. The van der Waals surface area contributed by atoms with Crippen molar-refractivity contribution in [2.75, 3.05) is 0 Å². The molecule has 4 heteroatoms. The Morgan fingerprint density at radius 2 is 1.60 bits per heavy atom. The minimum absolute atomic E-state index is 0.00823. The molecule has 0 heterocycles. The first-order valence-electron chi connectivity index (χ1n) is 9.53. The summed E-state index contributed by atoms with van der Waals surface area (Å²) < 4.78 is 0. The summed E-state index contributed by atoms with van der Waals surface area (Å²) in [5.74, 6) is 1.08. The first-order chi connectivity index (χ1) is 11.9. The molecule has 4 aliphatic rings. The molecule has 0 saturated heterocycles. The van der Waals surface area contributed by atoms with E-state index in [0.717, 1.165) is 30.4 Å². The molecule has 1 aromatic carbocycles. The maximum Gasteiger partial charge on any atom is 0.326 e. The summed E-state index contributed by atoms with van der Waals surface area (Å²) in [5.41, 5.74) is 1.80. The fourth-order valence-electron chi connectivity index (χ4n) is 5.86. The van der Waals surface area contributed by atoms with Crippen molar-refractivity contribution in [2.45, 2.75) is 57.9 Å². The number of rotatable bonds is 5. The van der Waals surface area contributed by atoms with E-state index in [1.165, 1.54) is 19.3 Å². The minimum Gasteiger partial charge on any atom is -0.480 e. The molecule has 1 aromatic rings. The summed E-state index contributed by atoms with van der Waals surface area (Å²) >= 11 is 0. The van der Waals surface area contributed by atoms with Gasteiger partial charge in [-0.1, -0.05) is 29.8 Å². The largest absolute Gasteiger partial charge is 0.480 e. The van der Waals surface area contributed by atoms with Crippen LogP contribution >= 0.6 is 0 Å². The van der Waals surface area contributed by atoms with Crippen LogP contribution in [0.1, 0.15) is 49.7 Å². The molecule has 4 saturated carbocycles. The highest BCUT2D eigenvalue weighted by atomic mass is 16.4. The first-order valence-corrected chi connectivity index (χ1v) is 9.53. The second-order valence-electron chi connectivity index (χ2n) is 8.75. The van der Waals surface area contributed by atoms with Gasteiger partial charge in [0.1, 0.15) is 6.04 Å². The lowest BCUT2D eigenvalue weighted by Gasteiger charge is -2.55. The van der Waals surface area contributed by atoms with Crippen LogP contribution in [-0.2, 0) is 16.0 Å². The van der Waals surface area contributed by atoms with Gasteiger partial charge in [-0.25, -0.2) is 4.79 Å². The topological polar surface area (TPSA) is 66.4 Å². The van der Waals surface area contributed by atoms with Crippen LogP contribution in [0.3, 0.4) is 0 Å². The smallest absolute Gasteiger partial charge is 0.326 e. The molecule has 2 N–H and O–H groups in total. The number of amides is 1. The fraction of sp³-hybridized carbons (Fsp3) is 0.619. The average molecular weight is 341 g/mol. The maximum absolute atomic E-state index is 13.1. The predicted molar refractivity (Wildman–Crippen MR) is 95.1 cm³/mol. The lowest BCUT2D eigenvalue weighted by Crippen LogP contribution is -2.56. The molecule has 5 rings (SSSR count). The van der Waals surface area contributed by atoms with Crippen molar-refractivity contribution < 1.29 is 14.7 Å². The van der Waals surface area contributed by atoms with Crippen LogP contribution in [0.25, 0.3) is 0 Å². The van der Waals surface area contributed by atoms with Gasteiger partial charge in [-0.2, -0.15) is 0 Å². The number of nitrogens with one attached hydrogen (secondary N) is 1. The zero-order valence-corrected chi connectivity index (χ0v) is 14.8. The Morgan fingerprint density at radius 1 is 1.08 bits per heavy atom. The third-order valence-corrected chi connectivity index (χ3v) is 6.68. The van der Waals surface area contributed by atoms with Crippen molar-refractivity contribution in [1.29, 1.82) is 0 Å². The zero-order valence-electron chi connectivity index (χ0n) is 14.8. The second-order valence-corrected chi connectivity index (χ2v) is 8.75. The Labute approximate surface area is 149 Å². The van der Waals surface area contributed by atoms with E-state index < -0.39 is 12.0 Å². The highest BCUT2D eigenvalue weighted by Crippen LogP contribution is 2.60. The third-order valence-electron chi connectivity index (χ3n) is 6.68. The number of carboxylic acid groups (broad SMARTS) is 1. The summed E-state index contributed by atoms with van der Waals surface area (Å²) in [5, 5.41) is 12.5. The van der Waals surface area contributed by atoms with Gasteiger partial charge in [0.2, 0.25) is 5.91 Å². The van der Waals surface area contributed by atoms with Crippen LogP contribution < -0.4 is 5.32 Å². The standard InChI is InChI=1S/C21H27NO3/c1-13-2-4-14(5-3-13)9-18(19(23)24)22-20(25)21-10-15-6-16(11-21)8-17(7-15)12-21/h2-5,15-18H,6-12H2,1H3,(H,22,25)(H,23,24)/t15?,16?,17?,18-,21?/m1/s1. The Bertz CT molecular complexity index is 644. The summed E-state index contributed by atoms with van der Waals surface area (Å²) in [6, 6.07) is 7.01. The number of hydrogen-bond donors (Lipinski definition) is 2. The molecule has 0 aromatic heterocycles. The molecule has 4 aliphatic carbocycles. The van der Waals surface area contributed by atoms with E-state index >= 15 is 0 Å². The van der Waals surface area contributed by atoms with Crippen LogP contribution in [0.15, 0.2) is 24.3 Å². The Balaban J connectivity index is 1.47. The first kappa shape index (κ1) is 16.6. The predicted octanol–water partition coefficient (Wildman–Crippen LogP) is 3.32. The summed E-state index contributed by atoms with van der Waals surface area (Å²) in [6.45, 7) is 2.01. The molecule has 1 amide bonds. The van der Waals surface area contributed by atoms with Gasteiger partial charge in [0.25, 0.3) is 0 Å². The van der Waals surface area contributed by atoms with Crippen LogP contribution in [0.4, 0.5) is 0 Å². The molecule has 4 bridgehead atoms. The van der Waals surface area contributed by atoms with E-state index in [4.69, 9.17) is 0 Å². The minimum atomic E-state index is -0.946. The van der Waals surface area contributed by atoms with Crippen molar-refractivity contribution in [1.82, 2.24) is 5.32 Å². The molecule has 25 heavy (non-hydrogen) atoms. The molecule has 0 unspecified atom stereocenters. The summed E-state index contributed by atoms with van der Waals surface area (Å²) in [6.07, 6.45) is 7.05. The van der Waals surface area contributed by atoms with Crippen molar-refractivity contribution in [3.63, 3.8) is 0 Å². The van der Waals surface area contributed by atoms with E-state index in [9.17, 15) is 14.7 Å². The van der Waals surface area contributed by atoms with E-state index in [1.54, 1.807) is 0 Å². The molecule has 1 atom stereocenters. The van der Waals surface area contributed by atoms with Crippen molar-refractivity contribution >= 4 is 11.9 Å². The monoisotopic (exact) mass is 341 g/mol. The molecule has 0 radical (unpaired) electrons. The zero-order chi connectivity index (χ0) is 17.6. The van der Waals surface area contributed by atoms with Gasteiger partial charge in [-0.3, -0.25) is 4.79 Å². The number of hydrogen-bond acceptors (Lipinski definition) is 2. The second kappa shape index (κ2) is 6.15. The van der Waals surface area contributed by atoms with Crippen LogP contribution in [0, 0.1) is 30.1 Å². The average Bonchev–Trinajstić information content (AvgIpc) is 2.54. The Hall–Kier alpha value is -1.84. The normalized spacial score (nSPS) is 33.9. The number of benzene rings is 1. The van der Waals surface area contributed by atoms with Crippen molar-refractivity contribution in [3.8, 4) is 0 Å². The molecular weight excluding hydrogens is 314 g/mol. The lowest BCUT2D eigenvalue weighted by molar-refractivity contribution is -0.151. The van der Waals surface area contributed by atoms with Gasteiger partial charge < -0.3 is 10.4 Å². The van der Waals surface area contributed by atoms with Crippen LogP contribution in [0.5, 0.6) is 0 Å². The molecule has 4 fully saturated rings. The highest BCUT2D eigenvalue weighted by Gasteiger charge is 2.54. The number of carbonyl (C=O) groups excluding carboxylic acids is 1. The van der Waals surface area contributed by atoms with Crippen molar-refractivity contribution in [2.24, 2.45) is 23.2 Å². The molecular formula is C21H27NO3. The quantitative estimate of drug-likeness (QED) is 0.863. The number of aliphatic carboxylic acids is 1. The van der Waals surface area contributed by atoms with Crippen LogP contribution in [-0.4, -0.2) is 23.0 Å². The van der Waals surface area contributed by atoms with Gasteiger partial charge in [0.15, 0.2) is 0 Å². The van der Waals surface area contributed by atoms with E-state index in [-0.39, 0.29) is 11.3 Å². The van der Waals surface area contributed by atoms with Gasteiger partial charge in [0, 0.05) is 11.8 Å². The van der Waals surface area contributed by atoms with Crippen molar-refractivity contribution in [3.05, 3.63) is 35.4 Å². The SMILES string of the molecule is Cc1ccc(C[C@@H](NC(=O)C23CC4CC(CC(C4)C2)C3)C(=O)O)cc1. The van der Waals surface area contributed by atoms with Gasteiger partial charge in [-0.05, 0) is 68.8 Å². The molecule has 134 valence electrons. The summed E-state index contributed by atoms with van der Waals surface area (Å²) in [4.78, 5) is 24.8. The number of aryl methyl sites for hydroxylation is 1. The Kier molecular flexibility index (Phi) is 4.09. The van der Waals surface area contributed by atoms with Gasteiger partial charge in [0.05, 0.1) is 0 Å². The lowest BCUT2D eigenvalue weighted by atomic mass is 9.49.